The second-order valence-electron chi connectivity index (χ2n) is 9.87. The van der Waals surface area contributed by atoms with Crippen LogP contribution in [0, 0.1) is 18.3 Å². The smallest absolute Gasteiger partial charge is 0.244 e. The molecule has 1 aromatic carbocycles. The maximum absolute atomic E-state index is 12.9. The highest BCUT2D eigenvalue weighted by atomic mass is 16.5. The third-order valence-corrected chi connectivity index (χ3v) is 7.08. The SMILES string of the molecule is COc1ccccc1CNC(=O)CN1CC2(CCN(C(=O)C(C)C)CC2)CC1c1nc(C)no1. The number of piperidine rings is 1. The van der Waals surface area contributed by atoms with Crippen LogP contribution in [0.4, 0.5) is 0 Å². The van der Waals surface area contributed by atoms with Gasteiger partial charge in [0.2, 0.25) is 17.7 Å². The van der Waals surface area contributed by atoms with Gasteiger partial charge in [-0.1, -0.05) is 37.2 Å². The van der Waals surface area contributed by atoms with Crippen LogP contribution in [-0.2, 0) is 16.1 Å². The predicted octanol–water partition coefficient (Wildman–Crippen LogP) is 2.71. The highest BCUT2D eigenvalue weighted by Crippen LogP contribution is 2.48. The van der Waals surface area contributed by atoms with Crippen LogP contribution >= 0.6 is 0 Å². The molecule has 2 fully saturated rings. The minimum atomic E-state index is -0.106. The quantitative estimate of drug-likeness (QED) is 0.665. The maximum atomic E-state index is 12.9. The molecule has 184 valence electrons. The van der Waals surface area contributed by atoms with Crippen molar-refractivity contribution in [1.29, 1.82) is 0 Å². The molecule has 2 amide bonds. The van der Waals surface area contributed by atoms with Crippen LogP contribution in [0.5, 0.6) is 5.75 Å². The first-order valence-electron chi connectivity index (χ1n) is 12.0. The third kappa shape index (κ3) is 5.24. The van der Waals surface area contributed by atoms with Crippen molar-refractivity contribution < 1.29 is 18.8 Å². The molecule has 1 spiro atoms. The first kappa shape index (κ1) is 24.2. The number of ether oxygens (including phenoxy) is 1. The number of hydrogen-bond acceptors (Lipinski definition) is 7. The van der Waals surface area contributed by atoms with Gasteiger partial charge in [0, 0.05) is 37.7 Å². The number of amides is 2. The molecule has 0 saturated carbocycles. The lowest BCUT2D eigenvalue weighted by molar-refractivity contribution is -0.136. The van der Waals surface area contributed by atoms with Gasteiger partial charge >= 0.3 is 0 Å². The van der Waals surface area contributed by atoms with Crippen molar-refractivity contribution in [3.63, 3.8) is 0 Å². The van der Waals surface area contributed by atoms with Crippen LogP contribution in [0.25, 0.3) is 0 Å². The molecule has 0 bridgehead atoms. The van der Waals surface area contributed by atoms with Crippen LogP contribution in [0.1, 0.15) is 56.4 Å². The summed E-state index contributed by atoms with van der Waals surface area (Å²) in [6.45, 7) is 8.61. The van der Waals surface area contributed by atoms with E-state index in [9.17, 15) is 9.59 Å². The van der Waals surface area contributed by atoms with E-state index in [2.05, 4.69) is 20.4 Å². The molecule has 1 atom stereocenters. The minimum absolute atomic E-state index is 0.00942. The predicted molar refractivity (Wildman–Crippen MR) is 126 cm³/mol. The van der Waals surface area contributed by atoms with E-state index < -0.39 is 0 Å². The van der Waals surface area contributed by atoms with Crippen LogP contribution in [0.3, 0.4) is 0 Å². The van der Waals surface area contributed by atoms with Crippen LogP contribution < -0.4 is 10.1 Å². The zero-order chi connectivity index (χ0) is 24.3. The summed E-state index contributed by atoms with van der Waals surface area (Å²) in [5, 5.41) is 7.00. The van der Waals surface area contributed by atoms with Gasteiger partial charge in [0.05, 0.1) is 19.7 Å². The second kappa shape index (κ2) is 10.1. The number of methoxy groups -OCH3 is 1. The molecular weight excluding hydrogens is 434 g/mol. The normalized spacial score (nSPS) is 20.1. The molecule has 9 nitrogen and oxygen atoms in total. The zero-order valence-electron chi connectivity index (χ0n) is 20.5. The van der Waals surface area contributed by atoms with Crippen molar-refractivity contribution in [1.82, 2.24) is 25.3 Å². The number of rotatable bonds is 7. The number of carbonyl (C=O) groups excluding carboxylic acids is 2. The summed E-state index contributed by atoms with van der Waals surface area (Å²) in [6, 6.07) is 7.56. The Balaban J connectivity index is 1.43. The number of nitrogens with one attached hydrogen (secondary N) is 1. The van der Waals surface area contributed by atoms with E-state index in [1.807, 2.05) is 43.0 Å². The van der Waals surface area contributed by atoms with Crippen molar-refractivity contribution >= 4 is 11.8 Å². The van der Waals surface area contributed by atoms with Gasteiger partial charge in [-0.3, -0.25) is 14.5 Å². The largest absolute Gasteiger partial charge is 0.496 e. The molecule has 1 N–H and O–H groups in total. The Morgan fingerprint density at radius 1 is 1.26 bits per heavy atom. The summed E-state index contributed by atoms with van der Waals surface area (Å²) in [5.74, 6) is 2.07. The molecule has 34 heavy (non-hydrogen) atoms. The lowest BCUT2D eigenvalue weighted by atomic mass is 9.76. The molecule has 2 aliphatic rings. The second-order valence-corrected chi connectivity index (χ2v) is 9.87. The minimum Gasteiger partial charge on any atom is -0.496 e. The van der Waals surface area contributed by atoms with Gasteiger partial charge in [-0.25, -0.2) is 0 Å². The Hall–Kier alpha value is -2.94. The standard InChI is InChI=1S/C25H35N5O4/c1-17(2)24(32)29-11-9-25(10-12-29)13-20(23-27-18(3)28-34-23)30(16-25)15-22(31)26-14-19-7-5-6-8-21(19)33-4/h5-8,17,20H,9-16H2,1-4H3,(H,26,31). The molecule has 0 aliphatic carbocycles. The first-order chi connectivity index (χ1) is 16.3. The fraction of sp³-hybridized carbons (Fsp3) is 0.600. The Kier molecular flexibility index (Phi) is 7.21. The lowest BCUT2D eigenvalue weighted by Gasteiger charge is -2.40. The fourth-order valence-corrected chi connectivity index (χ4v) is 5.21. The van der Waals surface area contributed by atoms with Crippen molar-refractivity contribution in [2.45, 2.75) is 52.6 Å². The summed E-state index contributed by atoms with van der Waals surface area (Å²) in [6.07, 6.45) is 2.67. The Morgan fingerprint density at radius 3 is 2.65 bits per heavy atom. The molecular formula is C25H35N5O4. The number of aromatic nitrogens is 2. The monoisotopic (exact) mass is 469 g/mol. The number of nitrogens with zero attached hydrogens (tertiary/aromatic N) is 4. The molecule has 0 radical (unpaired) electrons. The highest BCUT2D eigenvalue weighted by Gasteiger charge is 2.48. The number of benzene rings is 1. The summed E-state index contributed by atoms with van der Waals surface area (Å²) in [7, 11) is 1.63. The van der Waals surface area contributed by atoms with E-state index in [0.717, 1.165) is 50.2 Å². The Morgan fingerprint density at radius 2 is 2.00 bits per heavy atom. The number of likely N-dealkylation sites (tertiary alicyclic amines) is 2. The van der Waals surface area contributed by atoms with E-state index in [1.54, 1.807) is 14.0 Å². The van der Waals surface area contributed by atoms with E-state index in [0.29, 0.717) is 18.3 Å². The number of para-hydroxylation sites is 1. The zero-order valence-corrected chi connectivity index (χ0v) is 20.5. The fourth-order valence-electron chi connectivity index (χ4n) is 5.21. The average Bonchev–Trinajstić information content (AvgIpc) is 3.41. The van der Waals surface area contributed by atoms with E-state index in [-0.39, 0.29) is 35.7 Å². The molecule has 9 heteroatoms. The van der Waals surface area contributed by atoms with Crippen LogP contribution in [-0.4, -0.2) is 65.0 Å². The van der Waals surface area contributed by atoms with Crippen LogP contribution in [0.15, 0.2) is 28.8 Å². The molecule has 1 aromatic heterocycles. The number of carbonyl (C=O) groups is 2. The Bertz CT molecular complexity index is 1010. The average molecular weight is 470 g/mol. The highest BCUT2D eigenvalue weighted by molar-refractivity contribution is 5.78. The van der Waals surface area contributed by atoms with Gasteiger partial charge in [0.15, 0.2) is 5.82 Å². The van der Waals surface area contributed by atoms with Crippen molar-refractivity contribution in [3.8, 4) is 5.75 Å². The van der Waals surface area contributed by atoms with E-state index in [1.165, 1.54) is 0 Å². The third-order valence-electron chi connectivity index (χ3n) is 7.08. The molecule has 3 heterocycles. The van der Waals surface area contributed by atoms with Crippen molar-refractivity contribution in [3.05, 3.63) is 41.5 Å². The van der Waals surface area contributed by atoms with Gasteiger partial charge in [0.25, 0.3) is 0 Å². The lowest BCUT2D eigenvalue weighted by Crippen LogP contribution is -2.46. The maximum Gasteiger partial charge on any atom is 0.244 e. The van der Waals surface area contributed by atoms with E-state index in [4.69, 9.17) is 9.26 Å². The van der Waals surface area contributed by atoms with Crippen molar-refractivity contribution in [2.75, 3.05) is 33.3 Å². The molecule has 2 aliphatic heterocycles. The van der Waals surface area contributed by atoms with Gasteiger partial charge in [-0.05, 0) is 37.7 Å². The Labute approximate surface area is 200 Å². The number of hydrogen-bond donors (Lipinski definition) is 1. The molecule has 2 saturated heterocycles. The summed E-state index contributed by atoms with van der Waals surface area (Å²) in [5.41, 5.74) is 0.964. The summed E-state index contributed by atoms with van der Waals surface area (Å²) in [4.78, 5) is 34.0. The summed E-state index contributed by atoms with van der Waals surface area (Å²) >= 11 is 0. The van der Waals surface area contributed by atoms with Crippen molar-refractivity contribution in [2.24, 2.45) is 11.3 Å². The topological polar surface area (TPSA) is 101 Å². The molecule has 1 unspecified atom stereocenters. The number of aryl methyl sites for hydroxylation is 1. The van der Waals surface area contributed by atoms with Crippen LogP contribution in [0.2, 0.25) is 0 Å². The van der Waals surface area contributed by atoms with Gasteiger partial charge in [0.1, 0.15) is 5.75 Å². The van der Waals surface area contributed by atoms with Gasteiger partial charge in [-0.2, -0.15) is 4.98 Å². The van der Waals surface area contributed by atoms with E-state index >= 15 is 0 Å². The first-order valence-corrected chi connectivity index (χ1v) is 12.0. The molecule has 2 aromatic rings. The van der Waals surface area contributed by atoms with Gasteiger partial charge in [-0.15, -0.1) is 0 Å². The summed E-state index contributed by atoms with van der Waals surface area (Å²) < 4.78 is 10.9. The van der Waals surface area contributed by atoms with Gasteiger partial charge < -0.3 is 19.5 Å². The molecule has 4 rings (SSSR count).